The zero-order valence-corrected chi connectivity index (χ0v) is 15.5. The predicted molar refractivity (Wildman–Crippen MR) is 103 cm³/mol. The highest BCUT2D eigenvalue weighted by Gasteiger charge is 2.19. The van der Waals surface area contributed by atoms with Crippen molar-refractivity contribution >= 4 is 34.5 Å². The van der Waals surface area contributed by atoms with Crippen LogP contribution in [0, 0.1) is 0 Å². The highest BCUT2D eigenvalue weighted by molar-refractivity contribution is 6.31. The maximum Gasteiger partial charge on any atom is 0.328 e. The molecule has 0 radical (unpaired) electrons. The van der Waals surface area contributed by atoms with E-state index in [0.717, 1.165) is 19.4 Å². The van der Waals surface area contributed by atoms with E-state index in [9.17, 15) is 4.79 Å². The molecule has 27 heavy (non-hydrogen) atoms. The molecule has 0 saturated heterocycles. The average Bonchev–Trinajstić information content (AvgIpc) is 3.21. The maximum absolute atomic E-state index is 12.5. The molecule has 3 aromatic rings. The van der Waals surface area contributed by atoms with Gasteiger partial charge in [0, 0.05) is 17.6 Å². The fourth-order valence-corrected chi connectivity index (χ4v) is 3.12. The van der Waals surface area contributed by atoms with Crippen molar-refractivity contribution in [2.45, 2.75) is 26.3 Å². The van der Waals surface area contributed by atoms with E-state index in [1.54, 1.807) is 12.1 Å². The van der Waals surface area contributed by atoms with E-state index in [0.29, 0.717) is 39.2 Å². The van der Waals surface area contributed by atoms with Crippen LogP contribution in [0.25, 0.3) is 11.2 Å². The standard InChI is InChI=1S/C17H19ClN6O3/c1-2-3-4-20-16-22-14(19)13-15(23-16)24(17(25)21-13)7-9-5-11-12(6-10(9)18)27-8-26-11/h5-6H,2-4,7-8H2,1H3,(H,21,25)(H3,19,20,22,23). The average molecular weight is 391 g/mol. The third kappa shape index (κ3) is 3.25. The fraction of sp³-hybridized carbons (Fsp3) is 0.353. The summed E-state index contributed by atoms with van der Waals surface area (Å²) in [4.78, 5) is 23.9. The first-order chi connectivity index (χ1) is 13.1. The van der Waals surface area contributed by atoms with Crippen molar-refractivity contribution in [3.8, 4) is 11.5 Å². The SMILES string of the molecule is CCCCNc1nc(N)c2[nH]c(=O)n(Cc3cc4c(cc3Cl)OCO4)c2n1. The monoisotopic (exact) mass is 390 g/mol. The Hall–Kier alpha value is -2.94. The van der Waals surface area contributed by atoms with E-state index in [4.69, 9.17) is 26.8 Å². The molecule has 0 fully saturated rings. The van der Waals surface area contributed by atoms with Crippen molar-refractivity contribution in [2.24, 2.45) is 0 Å². The number of hydrogen-bond donors (Lipinski definition) is 3. The third-order valence-corrected chi connectivity index (χ3v) is 4.69. The van der Waals surface area contributed by atoms with Gasteiger partial charge in [0.25, 0.3) is 0 Å². The molecule has 2 aromatic heterocycles. The first-order valence-electron chi connectivity index (χ1n) is 8.64. The molecule has 0 unspecified atom stereocenters. The molecule has 4 rings (SSSR count). The number of imidazole rings is 1. The second kappa shape index (κ2) is 6.99. The van der Waals surface area contributed by atoms with Gasteiger partial charge in [0.05, 0.1) is 6.54 Å². The lowest BCUT2D eigenvalue weighted by Crippen LogP contribution is -2.18. The zero-order chi connectivity index (χ0) is 19.0. The molecule has 0 amide bonds. The lowest BCUT2D eigenvalue weighted by Gasteiger charge is -2.09. The summed E-state index contributed by atoms with van der Waals surface area (Å²) < 4.78 is 12.2. The molecule has 1 aromatic carbocycles. The Bertz CT molecular complexity index is 1060. The van der Waals surface area contributed by atoms with Gasteiger partial charge in [0.15, 0.2) is 23.0 Å². The summed E-state index contributed by atoms with van der Waals surface area (Å²) in [5, 5.41) is 3.61. The molecule has 4 N–H and O–H groups in total. The number of aromatic nitrogens is 4. The Morgan fingerprint density at radius 2 is 2.11 bits per heavy atom. The number of nitrogen functional groups attached to an aromatic ring is 1. The molecule has 10 heteroatoms. The molecule has 142 valence electrons. The van der Waals surface area contributed by atoms with Gasteiger partial charge in [-0.15, -0.1) is 0 Å². The minimum Gasteiger partial charge on any atom is -0.454 e. The number of aromatic amines is 1. The highest BCUT2D eigenvalue weighted by Crippen LogP contribution is 2.37. The Labute approximate surface area is 159 Å². The summed E-state index contributed by atoms with van der Waals surface area (Å²) in [6, 6.07) is 3.45. The summed E-state index contributed by atoms with van der Waals surface area (Å²) in [6.45, 7) is 3.18. The van der Waals surface area contributed by atoms with Crippen molar-refractivity contribution in [3.05, 3.63) is 33.2 Å². The van der Waals surface area contributed by atoms with Gasteiger partial charge >= 0.3 is 5.69 Å². The lowest BCUT2D eigenvalue weighted by molar-refractivity contribution is 0.174. The first kappa shape index (κ1) is 17.5. The normalized spacial score (nSPS) is 12.7. The van der Waals surface area contributed by atoms with Gasteiger partial charge in [0.2, 0.25) is 12.7 Å². The molecule has 1 aliphatic rings. The fourth-order valence-electron chi connectivity index (χ4n) is 2.91. The number of unbranched alkanes of at least 4 members (excludes halogenated alkanes) is 1. The Kier molecular flexibility index (Phi) is 4.53. The van der Waals surface area contributed by atoms with Crippen LogP contribution in [0.15, 0.2) is 16.9 Å². The second-order valence-electron chi connectivity index (χ2n) is 6.22. The number of hydrogen-bond acceptors (Lipinski definition) is 7. The molecule has 0 atom stereocenters. The number of anilines is 2. The lowest BCUT2D eigenvalue weighted by atomic mass is 10.2. The smallest absolute Gasteiger partial charge is 0.328 e. The van der Waals surface area contributed by atoms with Gasteiger partial charge < -0.3 is 25.5 Å². The summed E-state index contributed by atoms with van der Waals surface area (Å²) in [6.07, 6.45) is 2.02. The number of benzene rings is 1. The molecule has 0 saturated carbocycles. The molecule has 3 heterocycles. The third-order valence-electron chi connectivity index (χ3n) is 4.33. The summed E-state index contributed by atoms with van der Waals surface area (Å²) in [5.74, 6) is 1.78. The minimum absolute atomic E-state index is 0.151. The first-order valence-corrected chi connectivity index (χ1v) is 9.02. The van der Waals surface area contributed by atoms with Gasteiger partial charge in [-0.25, -0.2) is 4.79 Å². The summed E-state index contributed by atoms with van der Waals surface area (Å²) in [7, 11) is 0. The number of rotatable bonds is 6. The van der Waals surface area contributed by atoms with E-state index in [1.165, 1.54) is 4.57 Å². The van der Waals surface area contributed by atoms with Gasteiger partial charge in [-0.3, -0.25) is 4.57 Å². The number of nitrogens with two attached hydrogens (primary N) is 1. The Balaban J connectivity index is 1.73. The zero-order valence-electron chi connectivity index (χ0n) is 14.7. The number of fused-ring (bicyclic) bond motifs is 2. The predicted octanol–water partition coefficient (Wildman–Crippen LogP) is 2.34. The van der Waals surface area contributed by atoms with Crippen LogP contribution in [-0.4, -0.2) is 32.9 Å². The molecule has 9 nitrogen and oxygen atoms in total. The molecule has 1 aliphatic heterocycles. The van der Waals surface area contributed by atoms with Crippen molar-refractivity contribution in [3.63, 3.8) is 0 Å². The van der Waals surface area contributed by atoms with Crippen molar-refractivity contribution in [1.29, 1.82) is 0 Å². The highest BCUT2D eigenvalue weighted by atomic mass is 35.5. The van der Waals surface area contributed by atoms with E-state index in [1.807, 2.05) is 0 Å². The van der Waals surface area contributed by atoms with E-state index < -0.39 is 0 Å². The number of ether oxygens (including phenoxy) is 2. The van der Waals surface area contributed by atoms with Crippen molar-refractivity contribution < 1.29 is 9.47 Å². The van der Waals surface area contributed by atoms with Gasteiger partial charge in [-0.2, -0.15) is 9.97 Å². The number of nitrogens with zero attached hydrogens (tertiary/aromatic N) is 3. The quantitative estimate of drug-likeness (QED) is 0.552. The molecule has 0 aliphatic carbocycles. The van der Waals surface area contributed by atoms with Gasteiger partial charge in [-0.1, -0.05) is 24.9 Å². The van der Waals surface area contributed by atoms with Crippen LogP contribution in [0.2, 0.25) is 5.02 Å². The number of H-pyrrole nitrogens is 1. The van der Waals surface area contributed by atoms with Crippen LogP contribution in [0.3, 0.4) is 0 Å². The van der Waals surface area contributed by atoms with Crippen LogP contribution >= 0.6 is 11.6 Å². The van der Waals surface area contributed by atoms with E-state index >= 15 is 0 Å². The number of halogens is 1. The van der Waals surface area contributed by atoms with Crippen LogP contribution in [-0.2, 0) is 6.54 Å². The topological polar surface area (TPSA) is 120 Å². The molecular formula is C17H19ClN6O3. The summed E-state index contributed by atoms with van der Waals surface area (Å²) >= 11 is 6.34. The van der Waals surface area contributed by atoms with Crippen molar-refractivity contribution in [2.75, 3.05) is 24.4 Å². The van der Waals surface area contributed by atoms with Crippen LogP contribution < -0.4 is 26.2 Å². The van der Waals surface area contributed by atoms with Gasteiger partial charge in [0.1, 0.15) is 5.52 Å². The summed E-state index contributed by atoms with van der Waals surface area (Å²) in [5.41, 5.74) is 7.19. The molecular weight excluding hydrogens is 372 g/mol. The Morgan fingerprint density at radius 1 is 1.33 bits per heavy atom. The largest absolute Gasteiger partial charge is 0.454 e. The van der Waals surface area contributed by atoms with E-state index in [-0.39, 0.29) is 24.8 Å². The Morgan fingerprint density at radius 3 is 2.89 bits per heavy atom. The molecule has 0 bridgehead atoms. The van der Waals surface area contributed by atoms with Crippen LogP contribution in [0.5, 0.6) is 11.5 Å². The maximum atomic E-state index is 12.5. The minimum atomic E-state index is -0.342. The second-order valence-corrected chi connectivity index (χ2v) is 6.63. The molecule has 0 spiro atoms. The number of nitrogens with one attached hydrogen (secondary N) is 2. The van der Waals surface area contributed by atoms with Crippen LogP contribution in [0.1, 0.15) is 25.3 Å². The van der Waals surface area contributed by atoms with Crippen molar-refractivity contribution in [1.82, 2.24) is 19.5 Å². The van der Waals surface area contributed by atoms with E-state index in [2.05, 4.69) is 27.2 Å². The van der Waals surface area contributed by atoms with Gasteiger partial charge in [-0.05, 0) is 18.1 Å². The van der Waals surface area contributed by atoms with Crippen LogP contribution in [0.4, 0.5) is 11.8 Å².